The van der Waals surface area contributed by atoms with Gasteiger partial charge in [-0.3, -0.25) is 0 Å². The highest BCUT2D eigenvalue weighted by atomic mass is 32.1. The fourth-order valence-electron chi connectivity index (χ4n) is 2.64. The van der Waals surface area contributed by atoms with Gasteiger partial charge in [0.05, 0.1) is 5.39 Å². The normalized spacial score (nSPS) is 12.2. The van der Waals surface area contributed by atoms with Crippen LogP contribution in [-0.2, 0) is 4.79 Å². The fourth-order valence-corrected chi connectivity index (χ4v) is 3.56. The van der Waals surface area contributed by atoms with Gasteiger partial charge in [-0.15, -0.1) is 11.3 Å². The van der Waals surface area contributed by atoms with Gasteiger partial charge in [0.25, 0.3) is 0 Å². The molecule has 0 bridgehead atoms. The van der Waals surface area contributed by atoms with Crippen LogP contribution < -0.4 is 5.32 Å². The molecule has 0 aliphatic heterocycles. The third-order valence-corrected chi connectivity index (χ3v) is 4.81. The Kier molecular flexibility index (Phi) is 4.76. The van der Waals surface area contributed by atoms with Crippen molar-refractivity contribution in [2.75, 3.05) is 5.32 Å². The lowest BCUT2D eigenvalue weighted by atomic mass is 10.0. The number of carboxylic acids is 1. The van der Waals surface area contributed by atoms with Crippen molar-refractivity contribution in [3.63, 3.8) is 0 Å². The first-order chi connectivity index (χ1) is 11.6. The van der Waals surface area contributed by atoms with E-state index < -0.39 is 12.0 Å². The number of carboxylic acid groups (broad SMARTS) is 1. The smallest absolute Gasteiger partial charge is 0.326 e. The summed E-state index contributed by atoms with van der Waals surface area (Å²) in [5.74, 6) is -0.284. The lowest BCUT2D eigenvalue weighted by molar-refractivity contribution is -0.138. The molecule has 24 heavy (non-hydrogen) atoms. The molecule has 1 unspecified atom stereocenters. The Morgan fingerprint density at radius 3 is 2.71 bits per heavy atom. The van der Waals surface area contributed by atoms with Crippen molar-refractivity contribution < 1.29 is 9.90 Å². The topological polar surface area (TPSA) is 75.1 Å². The van der Waals surface area contributed by atoms with E-state index in [4.69, 9.17) is 0 Å². The summed E-state index contributed by atoms with van der Waals surface area (Å²) in [7, 11) is 0. The zero-order chi connectivity index (χ0) is 17.1. The van der Waals surface area contributed by atoms with Crippen LogP contribution in [0.4, 0.5) is 5.82 Å². The number of thiophene rings is 1. The number of benzene rings is 1. The van der Waals surface area contributed by atoms with Crippen molar-refractivity contribution in [1.29, 1.82) is 0 Å². The second-order valence-corrected chi connectivity index (χ2v) is 6.60. The van der Waals surface area contributed by atoms with Gasteiger partial charge in [-0.25, -0.2) is 14.8 Å². The zero-order valence-corrected chi connectivity index (χ0v) is 14.4. The van der Waals surface area contributed by atoms with Gasteiger partial charge in [0.2, 0.25) is 0 Å². The van der Waals surface area contributed by atoms with Crippen molar-refractivity contribution in [2.45, 2.75) is 32.7 Å². The number of rotatable bonds is 6. The van der Waals surface area contributed by atoms with E-state index in [0.29, 0.717) is 12.2 Å². The Morgan fingerprint density at radius 1 is 1.29 bits per heavy atom. The number of aryl methyl sites for hydroxylation is 1. The second kappa shape index (κ2) is 6.97. The summed E-state index contributed by atoms with van der Waals surface area (Å²) < 4.78 is 0. The van der Waals surface area contributed by atoms with Crippen LogP contribution in [0.5, 0.6) is 0 Å². The molecule has 3 aromatic rings. The maximum Gasteiger partial charge on any atom is 0.326 e. The van der Waals surface area contributed by atoms with E-state index in [1.54, 1.807) is 0 Å². The van der Waals surface area contributed by atoms with Crippen LogP contribution in [0.15, 0.2) is 36.0 Å². The molecule has 2 heterocycles. The molecule has 0 fully saturated rings. The lowest BCUT2D eigenvalue weighted by Gasteiger charge is -2.15. The van der Waals surface area contributed by atoms with Gasteiger partial charge < -0.3 is 10.4 Å². The van der Waals surface area contributed by atoms with Gasteiger partial charge >= 0.3 is 5.97 Å². The molecule has 1 aromatic carbocycles. The monoisotopic (exact) mass is 341 g/mol. The lowest BCUT2D eigenvalue weighted by Crippen LogP contribution is -2.29. The minimum atomic E-state index is -0.865. The van der Waals surface area contributed by atoms with Crippen molar-refractivity contribution in [3.05, 3.63) is 41.5 Å². The maximum absolute atomic E-state index is 11.5. The minimum absolute atomic E-state index is 0.546. The van der Waals surface area contributed by atoms with Crippen LogP contribution in [0.3, 0.4) is 0 Å². The number of nitrogens with zero attached hydrogens (tertiary/aromatic N) is 2. The summed E-state index contributed by atoms with van der Waals surface area (Å²) in [5, 5.41) is 15.4. The Morgan fingerprint density at radius 2 is 2.04 bits per heavy atom. The Balaban J connectivity index is 2.07. The molecule has 2 N–H and O–H groups in total. The predicted molar refractivity (Wildman–Crippen MR) is 97.5 cm³/mol. The minimum Gasteiger partial charge on any atom is -0.480 e. The van der Waals surface area contributed by atoms with Gasteiger partial charge in [-0.2, -0.15) is 0 Å². The summed E-state index contributed by atoms with van der Waals surface area (Å²) in [6.07, 6.45) is 2.81. The number of fused-ring (bicyclic) bond motifs is 1. The first-order valence-electron chi connectivity index (χ1n) is 7.88. The Labute approximate surface area is 144 Å². The average Bonchev–Trinajstić information content (AvgIpc) is 3.00. The summed E-state index contributed by atoms with van der Waals surface area (Å²) in [6, 6.07) is 7.60. The molecular weight excluding hydrogens is 322 g/mol. The van der Waals surface area contributed by atoms with Gasteiger partial charge in [-0.05, 0) is 18.9 Å². The molecule has 0 saturated heterocycles. The molecule has 5 nitrogen and oxygen atoms in total. The predicted octanol–water partition coefficient (Wildman–Crippen LogP) is 4.33. The molecule has 0 saturated carbocycles. The maximum atomic E-state index is 11.5. The van der Waals surface area contributed by atoms with E-state index in [9.17, 15) is 9.90 Å². The van der Waals surface area contributed by atoms with E-state index >= 15 is 0 Å². The van der Waals surface area contributed by atoms with Crippen molar-refractivity contribution in [2.24, 2.45) is 0 Å². The van der Waals surface area contributed by atoms with Gasteiger partial charge in [0.15, 0.2) is 0 Å². The second-order valence-electron chi connectivity index (χ2n) is 5.74. The number of aliphatic carboxylic acids is 1. The van der Waals surface area contributed by atoms with E-state index in [-0.39, 0.29) is 0 Å². The third-order valence-electron chi connectivity index (χ3n) is 3.92. The van der Waals surface area contributed by atoms with Gasteiger partial charge in [0.1, 0.15) is 23.0 Å². The number of hydrogen-bond acceptors (Lipinski definition) is 5. The standard InChI is InChI=1S/C18H19N3O2S/c1-3-4-14(18(22)23)21-16-15-13(9-24-17(15)20-10-19-16)12-7-5-11(2)6-8-12/h5-10,14H,3-4H2,1-2H3,(H,22,23)(H,19,20,21). The molecule has 124 valence electrons. The number of nitrogens with one attached hydrogen (secondary N) is 1. The summed E-state index contributed by atoms with van der Waals surface area (Å²) in [4.78, 5) is 20.9. The third kappa shape index (κ3) is 3.23. The number of carbonyl (C=O) groups is 1. The van der Waals surface area contributed by atoms with E-state index in [0.717, 1.165) is 27.8 Å². The van der Waals surface area contributed by atoms with E-state index in [1.807, 2.05) is 19.2 Å². The van der Waals surface area contributed by atoms with Crippen molar-refractivity contribution in [1.82, 2.24) is 9.97 Å². The molecule has 2 aromatic heterocycles. The molecule has 0 spiro atoms. The van der Waals surface area contributed by atoms with Crippen LogP contribution in [0, 0.1) is 6.92 Å². The Bertz CT molecular complexity index is 858. The molecule has 6 heteroatoms. The molecular formula is C18H19N3O2S. The molecule has 0 amide bonds. The molecule has 0 radical (unpaired) electrons. The first-order valence-corrected chi connectivity index (χ1v) is 8.76. The summed E-state index contributed by atoms with van der Waals surface area (Å²) in [5.41, 5.74) is 3.30. The molecule has 1 atom stereocenters. The average molecular weight is 341 g/mol. The molecule has 0 aliphatic rings. The van der Waals surface area contributed by atoms with Crippen molar-refractivity contribution >= 4 is 33.3 Å². The Hall–Kier alpha value is -2.47. The van der Waals surface area contributed by atoms with Crippen LogP contribution in [0.25, 0.3) is 21.3 Å². The van der Waals surface area contributed by atoms with Gasteiger partial charge in [-0.1, -0.05) is 43.2 Å². The number of aromatic nitrogens is 2. The highest BCUT2D eigenvalue weighted by Gasteiger charge is 2.20. The van der Waals surface area contributed by atoms with Crippen LogP contribution >= 0.6 is 11.3 Å². The van der Waals surface area contributed by atoms with Crippen LogP contribution in [-0.4, -0.2) is 27.1 Å². The van der Waals surface area contributed by atoms with Crippen LogP contribution in [0.1, 0.15) is 25.3 Å². The SMILES string of the molecule is CCCC(Nc1ncnc2scc(-c3ccc(C)cc3)c12)C(=O)O. The first kappa shape index (κ1) is 16.4. The summed E-state index contributed by atoms with van der Waals surface area (Å²) in [6.45, 7) is 4.02. The quantitative estimate of drug-likeness (QED) is 0.698. The molecule has 0 aliphatic carbocycles. The zero-order valence-electron chi connectivity index (χ0n) is 13.6. The molecule has 3 rings (SSSR count). The summed E-state index contributed by atoms with van der Waals surface area (Å²) >= 11 is 1.54. The van der Waals surface area contributed by atoms with Gasteiger partial charge in [0, 0.05) is 10.9 Å². The van der Waals surface area contributed by atoms with E-state index in [1.165, 1.54) is 23.2 Å². The van der Waals surface area contributed by atoms with Crippen LogP contribution in [0.2, 0.25) is 0 Å². The largest absolute Gasteiger partial charge is 0.480 e. The highest BCUT2D eigenvalue weighted by molar-refractivity contribution is 7.17. The number of hydrogen-bond donors (Lipinski definition) is 2. The van der Waals surface area contributed by atoms with E-state index in [2.05, 4.69) is 39.6 Å². The fraction of sp³-hybridized carbons (Fsp3) is 0.278. The van der Waals surface area contributed by atoms with Crippen molar-refractivity contribution in [3.8, 4) is 11.1 Å². The highest BCUT2D eigenvalue weighted by Crippen LogP contribution is 2.36. The number of anilines is 1.